The average molecular weight is 290 g/mol. The fourth-order valence-electron chi connectivity index (χ4n) is 1.74. The van der Waals surface area contributed by atoms with Crippen molar-refractivity contribution in [2.45, 2.75) is 52.0 Å². The van der Waals surface area contributed by atoms with E-state index in [1.807, 2.05) is 16.4 Å². The molecule has 0 bridgehead atoms. The van der Waals surface area contributed by atoms with E-state index in [2.05, 4.69) is 44.4 Å². The molecule has 5 heteroatoms. The first-order valence-corrected chi connectivity index (χ1v) is 8.05. The number of aromatic nitrogens is 2. The fourth-order valence-corrected chi connectivity index (χ4v) is 2.32. The molecule has 0 aliphatic rings. The van der Waals surface area contributed by atoms with Gasteiger partial charge in [0.1, 0.15) is 0 Å². The van der Waals surface area contributed by atoms with Crippen molar-refractivity contribution in [2.75, 3.05) is 12.8 Å². The van der Waals surface area contributed by atoms with E-state index < -0.39 is 0 Å². The van der Waals surface area contributed by atoms with Gasteiger partial charge in [-0.1, -0.05) is 18.5 Å². The molecule has 0 aliphatic heterocycles. The summed E-state index contributed by atoms with van der Waals surface area (Å²) in [5.41, 5.74) is 2.10. The Labute approximate surface area is 120 Å². The third-order valence-corrected chi connectivity index (χ3v) is 4.78. The highest BCUT2D eigenvalue weighted by molar-refractivity contribution is 7.99. The van der Waals surface area contributed by atoms with E-state index in [0.717, 1.165) is 42.5 Å². The molecule has 0 saturated carbocycles. The predicted octanol–water partition coefficient (Wildman–Crippen LogP) is 3.35. The zero-order valence-electron chi connectivity index (χ0n) is 12.0. The zero-order chi connectivity index (χ0) is 13.8. The first kappa shape index (κ1) is 15.9. The molecule has 0 aliphatic carbocycles. The van der Waals surface area contributed by atoms with Crippen molar-refractivity contribution in [2.24, 2.45) is 0 Å². The van der Waals surface area contributed by atoms with E-state index in [1.165, 1.54) is 0 Å². The second kappa shape index (κ2) is 6.83. The Hall–Kier alpha value is -0.190. The van der Waals surface area contributed by atoms with E-state index in [4.69, 9.17) is 11.6 Å². The van der Waals surface area contributed by atoms with Gasteiger partial charge in [-0.25, -0.2) is 0 Å². The van der Waals surface area contributed by atoms with Crippen LogP contribution >= 0.6 is 23.4 Å². The minimum absolute atomic E-state index is 0.247. The fraction of sp³-hybridized carbons (Fsp3) is 0.769. The summed E-state index contributed by atoms with van der Waals surface area (Å²) in [6, 6.07) is 0. The molecule has 104 valence electrons. The number of halogens is 1. The summed E-state index contributed by atoms with van der Waals surface area (Å²) in [6.45, 7) is 11.3. The van der Waals surface area contributed by atoms with Crippen molar-refractivity contribution in [3.05, 3.63) is 16.4 Å². The zero-order valence-corrected chi connectivity index (χ0v) is 13.6. The second-order valence-corrected chi connectivity index (χ2v) is 6.84. The maximum Gasteiger partial charge on any atom is 0.0863 e. The van der Waals surface area contributed by atoms with Gasteiger partial charge in [0.15, 0.2) is 0 Å². The maximum atomic E-state index is 6.36. The molecular formula is C13H24ClN3S. The number of aryl methyl sites for hydroxylation is 2. The van der Waals surface area contributed by atoms with Crippen molar-refractivity contribution in [1.29, 1.82) is 0 Å². The van der Waals surface area contributed by atoms with Crippen LogP contribution in [0.3, 0.4) is 0 Å². The number of thioether (sulfide) groups is 1. The third-order valence-electron chi connectivity index (χ3n) is 3.09. The highest BCUT2D eigenvalue weighted by atomic mass is 35.5. The lowest BCUT2D eigenvalue weighted by Crippen LogP contribution is -2.32. The molecule has 1 N–H and O–H groups in total. The Kier molecular flexibility index (Phi) is 6.02. The Balaban J connectivity index is 2.69. The smallest absolute Gasteiger partial charge is 0.0863 e. The van der Waals surface area contributed by atoms with Crippen molar-refractivity contribution in [3.63, 3.8) is 0 Å². The molecule has 1 rings (SSSR count). The number of nitrogens with one attached hydrogen (secondary N) is 1. The monoisotopic (exact) mass is 289 g/mol. The molecule has 0 aromatic carbocycles. The van der Waals surface area contributed by atoms with Crippen LogP contribution in [-0.4, -0.2) is 27.3 Å². The molecule has 18 heavy (non-hydrogen) atoms. The first-order chi connectivity index (χ1) is 8.45. The molecule has 0 radical (unpaired) electrons. The number of hydrogen-bond donors (Lipinski definition) is 1. The summed E-state index contributed by atoms with van der Waals surface area (Å²) < 4.78 is 2.25. The summed E-state index contributed by atoms with van der Waals surface area (Å²) in [5, 5.41) is 8.83. The molecule has 0 fully saturated rings. The quantitative estimate of drug-likeness (QED) is 0.835. The van der Waals surface area contributed by atoms with E-state index in [1.54, 1.807) is 0 Å². The molecule has 1 aromatic rings. The second-order valence-electron chi connectivity index (χ2n) is 4.94. The van der Waals surface area contributed by atoms with Gasteiger partial charge < -0.3 is 5.32 Å². The van der Waals surface area contributed by atoms with Gasteiger partial charge >= 0.3 is 0 Å². The van der Waals surface area contributed by atoms with E-state index in [9.17, 15) is 0 Å². The molecule has 0 spiro atoms. The van der Waals surface area contributed by atoms with Crippen LogP contribution in [0, 0.1) is 0 Å². The Morgan fingerprint density at radius 2 is 2.06 bits per heavy atom. The molecule has 1 aromatic heterocycles. The van der Waals surface area contributed by atoms with Crippen LogP contribution in [0.4, 0.5) is 0 Å². The van der Waals surface area contributed by atoms with Crippen molar-refractivity contribution in [1.82, 2.24) is 15.1 Å². The summed E-state index contributed by atoms with van der Waals surface area (Å²) in [5.74, 6) is 0. The normalized spacial score (nSPS) is 12.1. The first-order valence-electron chi connectivity index (χ1n) is 6.45. The number of hydrogen-bond acceptors (Lipinski definition) is 3. The average Bonchev–Trinajstić information content (AvgIpc) is 2.66. The Morgan fingerprint density at radius 1 is 1.39 bits per heavy atom. The summed E-state index contributed by atoms with van der Waals surface area (Å²) in [4.78, 5) is 0. The largest absolute Gasteiger partial charge is 0.310 e. The molecule has 0 saturated heterocycles. The molecule has 0 amide bonds. The predicted molar refractivity (Wildman–Crippen MR) is 81.6 cm³/mol. The van der Waals surface area contributed by atoms with Crippen molar-refractivity contribution in [3.8, 4) is 0 Å². The van der Waals surface area contributed by atoms with Gasteiger partial charge in [0.2, 0.25) is 0 Å². The van der Waals surface area contributed by atoms with Crippen LogP contribution in [0.2, 0.25) is 5.02 Å². The van der Waals surface area contributed by atoms with Gasteiger partial charge in [0.25, 0.3) is 0 Å². The highest BCUT2D eigenvalue weighted by Gasteiger charge is 2.17. The lowest BCUT2D eigenvalue weighted by atomic mass is 10.2. The SMILES string of the molecule is CCc1nn(CC)c(CNCC(C)(C)SC)c1Cl. The molecular weight excluding hydrogens is 266 g/mol. The summed E-state index contributed by atoms with van der Waals surface area (Å²) in [7, 11) is 0. The molecule has 3 nitrogen and oxygen atoms in total. The minimum Gasteiger partial charge on any atom is -0.310 e. The van der Waals surface area contributed by atoms with Crippen molar-refractivity contribution >= 4 is 23.4 Å². The summed E-state index contributed by atoms with van der Waals surface area (Å²) >= 11 is 8.23. The summed E-state index contributed by atoms with van der Waals surface area (Å²) in [6.07, 6.45) is 3.02. The van der Waals surface area contributed by atoms with Crippen molar-refractivity contribution < 1.29 is 0 Å². The Morgan fingerprint density at radius 3 is 2.56 bits per heavy atom. The highest BCUT2D eigenvalue weighted by Crippen LogP contribution is 2.23. The van der Waals surface area contributed by atoms with Crippen LogP contribution in [0.15, 0.2) is 0 Å². The standard InChI is InChI=1S/C13H24ClN3S/c1-6-10-12(14)11(17(7-2)16-10)8-15-9-13(3,4)18-5/h15H,6-9H2,1-5H3. The van der Waals surface area contributed by atoms with Crippen LogP contribution in [0.1, 0.15) is 39.1 Å². The van der Waals surface area contributed by atoms with Gasteiger partial charge in [0, 0.05) is 24.4 Å². The van der Waals surface area contributed by atoms with Gasteiger partial charge in [-0.05, 0) is 33.4 Å². The topological polar surface area (TPSA) is 29.9 Å². The van der Waals surface area contributed by atoms with Crippen LogP contribution in [0.25, 0.3) is 0 Å². The van der Waals surface area contributed by atoms with E-state index in [-0.39, 0.29) is 4.75 Å². The number of nitrogens with zero attached hydrogens (tertiary/aromatic N) is 2. The van der Waals surface area contributed by atoms with Gasteiger partial charge in [-0.2, -0.15) is 16.9 Å². The van der Waals surface area contributed by atoms with Gasteiger partial charge in [0.05, 0.1) is 16.4 Å². The van der Waals surface area contributed by atoms with Crippen LogP contribution in [0.5, 0.6) is 0 Å². The molecule has 1 heterocycles. The third kappa shape index (κ3) is 3.90. The van der Waals surface area contributed by atoms with E-state index >= 15 is 0 Å². The molecule has 0 atom stereocenters. The van der Waals surface area contributed by atoms with E-state index in [0.29, 0.717) is 0 Å². The Bertz CT molecular complexity index is 388. The van der Waals surface area contributed by atoms with Gasteiger partial charge in [-0.3, -0.25) is 4.68 Å². The van der Waals surface area contributed by atoms with Crippen LogP contribution in [-0.2, 0) is 19.5 Å². The number of rotatable bonds is 7. The lowest BCUT2D eigenvalue weighted by Gasteiger charge is -2.22. The lowest BCUT2D eigenvalue weighted by molar-refractivity contribution is 0.547. The minimum atomic E-state index is 0.247. The maximum absolute atomic E-state index is 6.36. The molecule has 0 unspecified atom stereocenters. The van der Waals surface area contributed by atoms with Gasteiger partial charge in [-0.15, -0.1) is 0 Å². The van der Waals surface area contributed by atoms with Crippen LogP contribution < -0.4 is 5.32 Å².